The van der Waals surface area contributed by atoms with E-state index in [1.54, 1.807) is 6.92 Å². The third kappa shape index (κ3) is 8.17. The van der Waals surface area contributed by atoms with E-state index < -0.39 is 16.1 Å². The van der Waals surface area contributed by atoms with Gasteiger partial charge in [-0.1, -0.05) is 0 Å². The lowest BCUT2D eigenvalue weighted by Crippen LogP contribution is -2.40. The highest BCUT2D eigenvalue weighted by molar-refractivity contribution is 7.88. The van der Waals surface area contributed by atoms with Crippen molar-refractivity contribution in [2.75, 3.05) is 19.3 Å². The maximum absolute atomic E-state index is 10.6. The Kier molecular flexibility index (Phi) is 5.46. The molecule has 0 radical (unpaired) electrons. The maximum Gasteiger partial charge on any atom is 0.208 e. The standard InChI is InChI=1S/C7H18N2O3S/c1-6(7(2)10)8-4-5-9-13(3,11)12/h6-10H,4-5H2,1-3H3. The Morgan fingerprint density at radius 2 is 1.85 bits per heavy atom. The van der Waals surface area contributed by atoms with Gasteiger partial charge in [-0.25, -0.2) is 13.1 Å². The minimum atomic E-state index is -3.09. The molecule has 0 spiro atoms. The third-order valence-electron chi connectivity index (χ3n) is 1.68. The molecule has 0 fully saturated rings. The SMILES string of the molecule is CC(O)C(C)NCCNS(C)(=O)=O. The molecule has 2 atom stereocenters. The predicted octanol–water partition coefficient (Wildman–Crippen LogP) is -1.11. The predicted molar refractivity (Wildman–Crippen MR) is 52.0 cm³/mol. The molecule has 0 bridgehead atoms. The summed E-state index contributed by atoms with van der Waals surface area (Å²) in [5.74, 6) is 0. The summed E-state index contributed by atoms with van der Waals surface area (Å²) in [6.45, 7) is 4.38. The second-order valence-electron chi connectivity index (χ2n) is 3.15. The van der Waals surface area contributed by atoms with Gasteiger partial charge in [0.2, 0.25) is 10.0 Å². The van der Waals surface area contributed by atoms with Crippen molar-refractivity contribution >= 4 is 10.0 Å². The summed E-state index contributed by atoms with van der Waals surface area (Å²) in [6, 6.07) is -0.0265. The average molecular weight is 210 g/mol. The zero-order valence-corrected chi connectivity index (χ0v) is 9.06. The second kappa shape index (κ2) is 5.54. The Bertz CT molecular complexity index is 226. The van der Waals surface area contributed by atoms with Gasteiger partial charge in [0.1, 0.15) is 0 Å². The van der Waals surface area contributed by atoms with E-state index in [-0.39, 0.29) is 6.04 Å². The quantitative estimate of drug-likeness (QED) is 0.486. The fourth-order valence-corrected chi connectivity index (χ4v) is 1.18. The smallest absolute Gasteiger partial charge is 0.208 e. The van der Waals surface area contributed by atoms with Crippen molar-refractivity contribution in [2.45, 2.75) is 26.0 Å². The van der Waals surface area contributed by atoms with Gasteiger partial charge in [-0.3, -0.25) is 0 Å². The van der Waals surface area contributed by atoms with Crippen LogP contribution in [0.1, 0.15) is 13.8 Å². The third-order valence-corrected chi connectivity index (χ3v) is 2.41. The fourth-order valence-electron chi connectivity index (χ4n) is 0.707. The lowest BCUT2D eigenvalue weighted by Gasteiger charge is -2.16. The van der Waals surface area contributed by atoms with Gasteiger partial charge < -0.3 is 10.4 Å². The van der Waals surface area contributed by atoms with Crippen LogP contribution < -0.4 is 10.0 Å². The van der Waals surface area contributed by atoms with E-state index in [4.69, 9.17) is 5.11 Å². The van der Waals surface area contributed by atoms with Crippen LogP contribution in [0.5, 0.6) is 0 Å². The van der Waals surface area contributed by atoms with Crippen LogP contribution >= 0.6 is 0 Å². The molecule has 2 unspecified atom stereocenters. The molecule has 0 saturated carbocycles. The normalized spacial score (nSPS) is 16.9. The van der Waals surface area contributed by atoms with Gasteiger partial charge in [0.05, 0.1) is 12.4 Å². The highest BCUT2D eigenvalue weighted by Crippen LogP contribution is 1.88. The molecular weight excluding hydrogens is 192 g/mol. The van der Waals surface area contributed by atoms with Gasteiger partial charge in [-0.2, -0.15) is 0 Å². The van der Waals surface area contributed by atoms with E-state index in [1.165, 1.54) is 0 Å². The molecular formula is C7H18N2O3S. The summed E-state index contributed by atoms with van der Waals surface area (Å²) in [5.41, 5.74) is 0. The van der Waals surface area contributed by atoms with Crippen molar-refractivity contribution < 1.29 is 13.5 Å². The van der Waals surface area contributed by atoms with E-state index in [0.29, 0.717) is 13.1 Å². The number of rotatable bonds is 6. The van der Waals surface area contributed by atoms with Crippen molar-refractivity contribution in [3.63, 3.8) is 0 Å². The number of aliphatic hydroxyl groups excluding tert-OH is 1. The summed E-state index contributed by atoms with van der Waals surface area (Å²) in [7, 11) is -3.09. The zero-order chi connectivity index (χ0) is 10.5. The van der Waals surface area contributed by atoms with Crippen molar-refractivity contribution in [2.24, 2.45) is 0 Å². The van der Waals surface area contributed by atoms with Crippen molar-refractivity contribution in [1.82, 2.24) is 10.0 Å². The highest BCUT2D eigenvalue weighted by atomic mass is 32.2. The molecule has 0 aliphatic rings. The van der Waals surface area contributed by atoms with Gasteiger partial charge in [0.15, 0.2) is 0 Å². The van der Waals surface area contributed by atoms with Crippen molar-refractivity contribution in [3.8, 4) is 0 Å². The Labute approximate surface area is 79.6 Å². The second-order valence-corrected chi connectivity index (χ2v) is 4.98. The van der Waals surface area contributed by atoms with E-state index in [2.05, 4.69) is 10.0 Å². The van der Waals surface area contributed by atoms with E-state index in [1.807, 2.05) is 6.92 Å². The van der Waals surface area contributed by atoms with Crippen LogP contribution in [0.15, 0.2) is 0 Å². The molecule has 6 heteroatoms. The highest BCUT2D eigenvalue weighted by Gasteiger charge is 2.07. The lowest BCUT2D eigenvalue weighted by molar-refractivity contribution is 0.153. The van der Waals surface area contributed by atoms with Crippen LogP contribution in [0, 0.1) is 0 Å². The van der Waals surface area contributed by atoms with Crippen LogP contribution in [-0.2, 0) is 10.0 Å². The molecule has 0 saturated heterocycles. The van der Waals surface area contributed by atoms with Gasteiger partial charge in [-0.15, -0.1) is 0 Å². The molecule has 3 N–H and O–H groups in total. The average Bonchev–Trinajstić information content (AvgIpc) is 1.95. The van der Waals surface area contributed by atoms with Crippen LogP contribution in [0.2, 0.25) is 0 Å². The molecule has 0 amide bonds. The molecule has 0 aromatic rings. The summed E-state index contributed by atoms with van der Waals surface area (Å²) >= 11 is 0. The molecule has 0 aromatic carbocycles. The number of hydrogen-bond donors (Lipinski definition) is 3. The number of aliphatic hydroxyl groups is 1. The van der Waals surface area contributed by atoms with Gasteiger partial charge in [0, 0.05) is 19.1 Å². The minimum Gasteiger partial charge on any atom is -0.392 e. The molecule has 0 aromatic heterocycles. The Balaban J connectivity index is 3.47. The van der Waals surface area contributed by atoms with Gasteiger partial charge in [-0.05, 0) is 13.8 Å². The lowest BCUT2D eigenvalue weighted by atomic mass is 10.2. The van der Waals surface area contributed by atoms with E-state index >= 15 is 0 Å². The largest absolute Gasteiger partial charge is 0.392 e. The summed E-state index contributed by atoms with van der Waals surface area (Å²) < 4.78 is 23.6. The number of sulfonamides is 1. The maximum atomic E-state index is 10.6. The number of nitrogens with one attached hydrogen (secondary N) is 2. The summed E-state index contributed by atoms with van der Waals surface area (Å²) in [5, 5.41) is 12.1. The molecule has 0 aliphatic carbocycles. The van der Waals surface area contributed by atoms with Crippen molar-refractivity contribution in [1.29, 1.82) is 0 Å². The van der Waals surface area contributed by atoms with Crippen molar-refractivity contribution in [3.05, 3.63) is 0 Å². The first-order valence-electron chi connectivity index (χ1n) is 4.19. The van der Waals surface area contributed by atoms with Gasteiger partial charge in [0.25, 0.3) is 0 Å². The van der Waals surface area contributed by atoms with E-state index in [0.717, 1.165) is 6.26 Å². The number of hydrogen-bond acceptors (Lipinski definition) is 4. The molecule has 0 heterocycles. The van der Waals surface area contributed by atoms with E-state index in [9.17, 15) is 8.42 Å². The Hall–Kier alpha value is -0.170. The summed E-state index contributed by atoms with van der Waals surface area (Å²) in [4.78, 5) is 0. The summed E-state index contributed by atoms with van der Waals surface area (Å²) in [6.07, 6.45) is 0.684. The fraction of sp³-hybridized carbons (Fsp3) is 1.00. The van der Waals surface area contributed by atoms with Crippen LogP contribution in [0.3, 0.4) is 0 Å². The van der Waals surface area contributed by atoms with Crippen LogP contribution in [0.4, 0.5) is 0 Å². The molecule has 5 nitrogen and oxygen atoms in total. The minimum absolute atomic E-state index is 0.0265. The molecule has 0 rings (SSSR count). The topological polar surface area (TPSA) is 78.4 Å². The van der Waals surface area contributed by atoms with Crippen LogP contribution in [0.25, 0.3) is 0 Å². The first-order valence-corrected chi connectivity index (χ1v) is 6.08. The first-order chi connectivity index (χ1) is 5.83. The molecule has 0 aliphatic heterocycles. The Morgan fingerprint density at radius 1 is 1.31 bits per heavy atom. The molecule has 13 heavy (non-hydrogen) atoms. The molecule has 80 valence electrons. The van der Waals surface area contributed by atoms with Gasteiger partial charge >= 0.3 is 0 Å². The van der Waals surface area contributed by atoms with Crippen LogP contribution in [-0.4, -0.2) is 45.0 Å². The zero-order valence-electron chi connectivity index (χ0n) is 8.24. The first kappa shape index (κ1) is 12.8. The monoisotopic (exact) mass is 210 g/mol. The Morgan fingerprint density at radius 3 is 2.23 bits per heavy atom.